The van der Waals surface area contributed by atoms with Crippen molar-refractivity contribution in [2.45, 2.75) is 48.5 Å². The minimum Gasteiger partial charge on any atom is -0.496 e. The Morgan fingerprint density at radius 3 is 2.18 bits per heavy atom. The number of benzene rings is 2. The molecular formula is C22H31ClFN3O. The largest absolute Gasteiger partial charge is 0.496 e. The summed E-state index contributed by atoms with van der Waals surface area (Å²) in [6.07, 6.45) is 1.47. The summed E-state index contributed by atoms with van der Waals surface area (Å²) in [6.45, 7) is 14.0. The summed E-state index contributed by atoms with van der Waals surface area (Å²) in [5.74, 6) is 0.894. The Morgan fingerprint density at radius 2 is 1.61 bits per heavy atom. The predicted octanol–water partition coefficient (Wildman–Crippen LogP) is 7.56. The van der Waals surface area contributed by atoms with Crippen molar-refractivity contribution in [3.05, 3.63) is 53.1 Å². The van der Waals surface area contributed by atoms with Gasteiger partial charge in [0.15, 0.2) is 0 Å². The summed E-state index contributed by atoms with van der Waals surface area (Å²) in [4.78, 5) is 8.50. The molecule has 3 rings (SSSR count). The van der Waals surface area contributed by atoms with E-state index in [1.165, 1.54) is 18.5 Å². The van der Waals surface area contributed by atoms with Gasteiger partial charge in [0, 0.05) is 11.1 Å². The molecular weight excluding hydrogens is 377 g/mol. The van der Waals surface area contributed by atoms with E-state index in [0.717, 1.165) is 22.2 Å². The highest BCUT2D eigenvalue weighted by Gasteiger charge is 2.09. The molecule has 0 atom stereocenters. The van der Waals surface area contributed by atoms with Gasteiger partial charge in [-0.1, -0.05) is 53.1 Å². The standard InChI is InChI=1S/C16H13ClFN3O.3C2H6/c1-9-5-14-11(7-15(9)22-2)16(20-8-19-14)21-10-3-4-13(18)12(17)6-10;3*1-2/h3-8H,1-2H3,(H,19,20,21);3*1-2H3. The second-order valence-corrected chi connectivity index (χ2v) is 5.22. The number of ether oxygens (including phenoxy) is 1. The highest BCUT2D eigenvalue weighted by Crippen LogP contribution is 2.30. The molecule has 0 radical (unpaired) electrons. The average molecular weight is 408 g/mol. The van der Waals surface area contributed by atoms with E-state index in [9.17, 15) is 4.39 Å². The molecule has 4 nitrogen and oxygen atoms in total. The van der Waals surface area contributed by atoms with E-state index >= 15 is 0 Å². The number of hydrogen-bond donors (Lipinski definition) is 1. The minimum absolute atomic E-state index is 0.0526. The molecule has 1 aromatic heterocycles. The number of nitrogens with one attached hydrogen (secondary N) is 1. The molecule has 0 bridgehead atoms. The molecule has 1 N–H and O–H groups in total. The molecule has 0 aliphatic heterocycles. The second-order valence-electron chi connectivity index (χ2n) is 4.82. The number of hydrogen-bond acceptors (Lipinski definition) is 4. The van der Waals surface area contributed by atoms with E-state index in [-0.39, 0.29) is 5.02 Å². The van der Waals surface area contributed by atoms with Crippen LogP contribution in [0.3, 0.4) is 0 Å². The summed E-state index contributed by atoms with van der Waals surface area (Å²) in [5.41, 5.74) is 2.43. The highest BCUT2D eigenvalue weighted by molar-refractivity contribution is 6.31. The first kappa shape index (κ1) is 25.6. The van der Waals surface area contributed by atoms with E-state index in [4.69, 9.17) is 16.3 Å². The van der Waals surface area contributed by atoms with Crippen LogP contribution in [0.5, 0.6) is 5.75 Å². The molecule has 28 heavy (non-hydrogen) atoms. The van der Waals surface area contributed by atoms with Gasteiger partial charge in [0.05, 0.1) is 17.6 Å². The fourth-order valence-electron chi connectivity index (χ4n) is 2.22. The van der Waals surface area contributed by atoms with Crippen molar-refractivity contribution in [3.8, 4) is 5.75 Å². The van der Waals surface area contributed by atoms with Gasteiger partial charge in [0.25, 0.3) is 0 Å². The minimum atomic E-state index is -0.461. The van der Waals surface area contributed by atoms with Crippen LogP contribution in [0.2, 0.25) is 5.02 Å². The van der Waals surface area contributed by atoms with Crippen LogP contribution in [0, 0.1) is 12.7 Å². The van der Waals surface area contributed by atoms with Crippen LogP contribution in [0.4, 0.5) is 15.9 Å². The zero-order valence-corrected chi connectivity index (χ0v) is 18.8. The smallest absolute Gasteiger partial charge is 0.141 e. The van der Waals surface area contributed by atoms with Crippen molar-refractivity contribution in [2.75, 3.05) is 12.4 Å². The van der Waals surface area contributed by atoms with Gasteiger partial charge in [-0.25, -0.2) is 14.4 Å². The van der Waals surface area contributed by atoms with Crippen molar-refractivity contribution in [1.29, 1.82) is 0 Å². The predicted molar refractivity (Wildman–Crippen MR) is 120 cm³/mol. The van der Waals surface area contributed by atoms with E-state index in [1.54, 1.807) is 13.2 Å². The molecule has 6 heteroatoms. The van der Waals surface area contributed by atoms with Gasteiger partial charge in [-0.2, -0.15) is 0 Å². The molecule has 0 fully saturated rings. The van der Waals surface area contributed by atoms with Crippen LogP contribution < -0.4 is 10.1 Å². The fourth-order valence-corrected chi connectivity index (χ4v) is 2.40. The Morgan fingerprint density at radius 1 is 0.964 bits per heavy atom. The van der Waals surface area contributed by atoms with Crippen LogP contribution in [0.25, 0.3) is 10.9 Å². The Labute approximate surface area is 173 Å². The van der Waals surface area contributed by atoms with Crippen molar-refractivity contribution < 1.29 is 9.13 Å². The second kappa shape index (κ2) is 13.7. The van der Waals surface area contributed by atoms with Crippen LogP contribution in [-0.4, -0.2) is 17.1 Å². The lowest BCUT2D eigenvalue weighted by Gasteiger charge is -2.11. The average Bonchev–Trinajstić information content (AvgIpc) is 2.75. The summed E-state index contributed by atoms with van der Waals surface area (Å²) in [5, 5.41) is 3.99. The summed E-state index contributed by atoms with van der Waals surface area (Å²) in [6, 6.07) is 8.21. The number of halogens is 2. The molecule has 0 aliphatic carbocycles. The molecule has 0 amide bonds. The van der Waals surface area contributed by atoms with Crippen LogP contribution in [-0.2, 0) is 0 Å². The van der Waals surface area contributed by atoms with Gasteiger partial charge >= 0.3 is 0 Å². The number of nitrogens with zero attached hydrogens (tertiary/aromatic N) is 2. The number of anilines is 2. The molecule has 1 heterocycles. The topological polar surface area (TPSA) is 47.0 Å². The molecule has 0 saturated heterocycles. The normalized spacial score (nSPS) is 9.07. The zero-order chi connectivity index (χ0) is 21.7. The Bertz CT molecular complexity index is 857. The first-order chi connectivity index (χ1) is 13.6. The monoisotopic (exact) mass is 407 g/mol. The van der Waals surface area contributed by atoms with Gasteiger partial charge in [0.2, 0.25) is 0 Å². The molecule has 154 valence electrons. The SMILES string of the molecule is CC.CC.CC.COc1cc2c(Nc3ccc(F)c(Cl)c3)ncnc2cc1C. The number of fused-ring (bicyclic) bond motifs is 1. The van der Waals surface area contributed by atoms with Gasteiger partial charge in [-0.05, 0) is 42.8 Å². The van der Waals surface area contributed by atoms with Crippen LogP contribution in [0.1, 0.15) is 47.1 Å². The first-order valence-corrected chi connectivity index (χ1v) is 9.97. The molecule has 3 aromatic rings. The maximum atomic E-state index is 13.2. The Balaban J connectivity index is 0.00000111. The van der Waals surface area contributed by atoms with E-state index < -0.39 is 5.82 Å². The van der Waals surface area contributed by atoms with Gasteiger partial charge in [0.1, 0.15) is 23.7 Å². The lowest BCUT2D eigenvalue weighted by molar-refractivity contribution is 0.412. The third-order valence-corrected chi connectivity index (χ3v) is 3.62. The molecule has 0 aliphatic rings. The lowest BCUT2D eigenvalue weighted by Crippen LogP contribution is -1.97. The third-order valence-electron chi connectivity index (χ3n) is 3.33. The van der Waals surface area contributed by atoms with Gasteiger partial charge in [-0.15, -0.1) is 0 Å². The quantitative estimate of drug-likeness (QED) is 0.486. The van der Waals surface area contributed by atoms with Crippen molar-refractivity contribution in [1.82, 2.24) is 9.97 Å². The Kier molecular flexibility index (Phi) is 12.5. The van der Waals surface area contributed by atoms with Crippen LogP contribution in [0.15, 0.2) is 36.7 Å². The first-order valence-electron chi connectivity index (χ1n) is 9.60. The van der Waals surface area contributed by atoms with E-state index in [0.29, 0.717) is 11.5 Å². The third kappa shape index (κ3) is 6.64. The zero-order valence-electron chi connectivity index (χ0n) is 18.0. The summed E-state index contributed by atoms with van der Waals surface area (Å²) < 4.78 is 18.6. The van der Waals surface area contributed by atoms with Crippen molar-refractivity contribution in [2.24, 2.45) is 0 Å². The molecule has 2 aromatic carbocycles. The van der Waals surface area contributed by atoms with Crippen LogP contribution >= 0.6 is 11.6 Å². The number of aromatic nitrogens is 2. The fraction of sp³-hybridized carbons (Fsp3) is 0.364. The Hall–Kier alpha value is -2.40. The lowest BCUT2D eigenvalue weighted by atomic mass is 10.1. The van der Waals surface area contributed by atoms with Crippen molar-refractivity contribution >= 4 is 34.0 Å². The summed E-state index contributed by atoms with van der Waals surface area (Å²) >= 11 is 5.80. The van der Waals surface area contributed by atoms with Gasteiger partial charge < -0.3 is 10.1 Å². The molecule has 0 unspecified atom stereocenters. The maximum Gasteiger partial charge on any atom is 0.141 e. The van der Waals surface area contributed by atoms with E-state index in [1.807, 2.05) is 60.6 Å². The summed E-state index contributed by atoms with van der Waals surface area (Å²) in [7, 11) is 1.62. The number of rotatable bonds is 3. The maximum absolute atomic E-state index is 13.2. The van der Waals surface area contributed by atoms with E-state index in [2.05, 4.69) is 15.3 Å². The van der Waals surface area contributed by atoms with Gasteiger partial charge in [-0.3, -0.25) is 0 Å². The number of methoxy groups -OCH3 is 1. The van der Waals surface area contributed by atoms with Crippen molar-refractivity contribution in [3.63, 3.8) is 0 Å². The highest BCUT2D eigenvalue weighted by atomic mass is 35.5. The molecule has 0 saturated carbocycles. The molecule has 0 spiro atoms. The number of aryl methyl sites for hydroxylation is 1.